The van der Waals surface area contributed by atoms with Crippen LogP contribution in [0.15, 0.2) is 42.5 Å². The van der Waals surface area contributed by atoms with E-state index in [2.05, 4.69) is 5.32 Å². The Balaban J connectivity index is 1.40. The van der Waals surface area contributed by atoms with Crippen molar-refractivity contribution >= 4 is 17.7 Å². The first kappa shape index (κ1) is 22.1. The highest BCUT2D eigenvalue weighted by Gasteiger charge is 2.27. The quantitative estimate of drug-likeness (QED) is 0.732. The number of amides is 3. The third-order valence-corrected chi connectivity index (χ3v) is 6.33. The number of hydrogen-bond donors (Lipinski definition) is 1. The van der Waals surface area contributed by atoms with Crippen LogP contribution in [0.2, 0.25) is 0 Å². The molecule has 6 nitrogen and oxygen atoms in total. The van der Waals surface area contributed by atoms with Crippen molar-refractivity contribution in [2.24, 2.45) is 5.92 Å². The predicted molar refractivity (Wildman–Crippen MR) is 116 cm³/mol. The SMILES string of the molecule is CN(C(=O)/C=C/C(=O)N1CCC(C(=O)NCc2ccccc2)CC1)C1CCCCC1. The number of carbonyl (C=O) groups excluding carboxylic acids is 3. The van der Waals surface area contributed by atoms with E-state index in [9.17, 15) is 14.4 Å². The first-order chi connectivity index (χ1) is 14.5. The lowest BCUT2D eigenvalue weighted by Crippen LogP contribution is -2.42. The van der Waals surface area contributed by atoms with E-state index in [0.29, 0.717) is 32.5 Å². The molecule has 2 fully saturated rings. The first-order valence-electron chi connectivity index (χ1n) is 11.1. The smallest absolute Gasteiger partial charge is 0.246 e. The van der Waals surface area contributed by atoms with E-state index in [4.69, 9.17) is 0 Å². The summed E-state index contributed by atoms with van der Waals surface area (Å²) in [7, 11) is 1.83. The Morgan fingerprint density at radius 2 is 1.67 bits per heavy atom. The normalized spacial score (nSPS) is 18.4. The van der Waals surface area contributed by atoms with Gasteiger partial charge in [0, 0.05) is 50.8 Å². The molecule has 0 atom stereocenters. The molecular formula is C24H33N3O3. The molecule has 1 aromatic rings. The molecule has 2 aliphatic rings. The Labute approximate surface area is 179 Å². The van der Waals surface area contributed by atoms with Gasteiger partial charge in [-0.05, 0) is 31.2 Å². The number of rotatable bonds is 6. The number of likely N-dealkylation sites (tertiary alicyclic amines) is 1. The minimum Gasteiger partial charge on any atom is -0.352 e. The summed E-state index contributed by atoms with van der Waals surface area (Å²) in [5, 5.41) is 2.99. The minimum absolute atomic E-state index is 0.0470. The Morgan fingerprint density at radius 3 is 2.33 bits per heavy atom. The summed E-state index contributed by atoms with van der Waals surface area (Å²) in [6.07, 6.45) is 9.75. The van der Waals surface area contributed by atoms with Crippen LogP contribution >= 0.6 is 0 Å². The molecule has 3 rings (SSSR count). The van der Waals surface area contributed by atoms with E-state index < -0.39 is 0 Å². The van der Waals surface area contributed by atoms with Gasteiger partial charge in [0.15, 0.2) is 0 Å². The first-order valence-corrected chi connectivity index (χ1v) is 11.1. The largest absolute Gasteiger partial charge is 0.352 e. The summed E-state index contributed by atoms with van der Waals surface area (Å²) in [4.78, 5) is 40.7. The second-order valence-electron chi connectivity index (χ2n) is 8.38. The van der Waals surface area contributed by atoms with Gasteiger partial charge in [0.05, 0.1) is 0 Å². The van der Waals surface area contributed by atoms with Crippen molar-refractivity contribution in [3.63, 3.8) is 0 Å². The van der Waals surface area contributed by atoms with Gasteiger partial charge in [0.25, 0.3) is 0 Å². The summed E-state index contributed by atoms with van der Waals surface area (Å²) in [5.74, 6) is -0.277. The van der Waals surface area contributed by atoms with Crippen molar-refractivity contribution in [1.29, 1.82) is 0 Å². The highest BCUT2D eigenvalue weighted by atomic mass is 16.2. The fourth-order valence-corrected chi connectivity index (χ4v) is 4.31. The number of likely N-dealkylation sites (N-methyl/N-ethyl adjacent to an activating group) is 1. The molecular weight excluding hydrogens is 378 g/mol. The van der Waals surface area contributed by atoms with Gasteiger partial charge < -0.3 is 15.1 Å². The van der Waals surface area contributed by atoms with Crippen LogP contribution in [0.5, 0.6) is 0 Å². The summed E-state index contributed by atoms with van der Waals surface area (Å²) < 4.78 is 0. The molecule has 0 spiro atoms. The maximum atomic E-state index is 12.5. The lowest BCUT2D eigenvalue weighted by Gasteiger charge is -2.31. The number of hydrogen-bond acceptors (Lipinski definition) is 3. The predicted octanol–water partition coefficient (Wildman–Crippen LogP) is 2.89. The maximum Gasteiger partial charge on any atom is 0.246 e. The standard InChI is InChI=1S/C24H33N3O3/c1-26(21-10-6-3-7-11-21)22(28)12-13-23(29)27-16-14-20(15-17-27)24(30)25-18-19-8-4-2-5-9-19/h2,4-5,8-9,12-13,20-21H,3,6-7,10-11,14-18H2,1H3,(H,25,30)/b13-12+. The third kappa shape index (κ3) is 6.18. The summed E-state index contributed by atoms with van der Waals surface area (Å²) in [5.41, 5.74) is 1.08. The third-order valence-electron chi connectivity index (χ3n) is 6.33. The summed E-state index contributed by atoms with van der Waals surface area (Å²) in [6.45, 7) is 1.61. The van der Waals surface area contributed by atoms with E-state index in [1.165, 1.54) is 31.4 Å². The number of piperidine rings is 1. The van der Waals surface area contributed by atoms with Gasteiger partial charge >= 0.3 is 0 Å². The summed E-state index contributed by atoms with van der Waals surface area (Å²) >= 11 is 0. The van der Waals surface area contributed by atoms with Crippen molar-refractivity contribution in [3.8, 4) is 0 Å². The number of nitrogens with one attached hydrogen (secondary N) is 1. The number of benzene rings is 1. The molecule has 6 heteroatoms. The molecule has 0 aromatic heterocycles. The van der Waals surface area contributed by atoms with E-state index in [1.54, 1.807) is 9.80 Å². The van der Waals surface area contributed by atoms with Crippen LogP contribution in [0.4, 0.5) is 0 Å². The Bertz CT molecular complexity index is 748. The molecule has 1 N–H and O–H groups in total. The van der Waals surface area contributed by atoms with Crippen LogP contribution in [0.1, 0.15) is 50.5 Å². The van der Waals surface area contributed by atoms with Crippen LogP contribution < -0.4 is 5.32 Å². The van der Waals surface area contributed by atoms with Crippen LogP contribution in [0, 0.1) is 5.92 Å². The topological polar surface area (TPSA) is 69.7 Å². The Morgan fingerprint density at radius 1 is 1.00 bits per heavy atom. The average molecular weight is 412 g/mol. The Kier molecular flexibility index (Phi) is 8.05. The highest BCUT2D eigenvalue weighted by Crippen LogP contribution is 2.22. The van der Waals surface area contributed by atoms with Gasteiger partial charge in [-0.1, -0.05) is 49.6 Å². The highest BCUT2D eigenvalue weighted by molar-refractivity contribution is 5.96. The van der Waals surface area contributed by atoms with Crippen molar-refractivity contribution in [2.45, 2.75) is 57.5 Å². The van der Waals surface area contributed by atoms with Gasteiger partial charge in [-0.25, -0.2) is 0 Å². The molecule has 30 heavy (non-hydrogen) atoms. The van der Waals surface area contributed by atoms with Crippen LogP contribution in [-0.2, 0) is 20.9 Å². The molecule has 3 amide bonds. The molecule has 1 heterocycles. The van der Waals surface area contributed by atoms with E-state index in [0.717, 1.165) is 18.4 Å². The van der Waals surface area contributed by atoms with Crippen LogP contribution in [0.25, 0.3) is 0 Å². The Hall–Kier alpha value is -2.63. The molecule has 1 aromatic carbocycles. The molecule has 0 unspecified atom stereocenters. The van der Waals surface area contributed by atoms with Gasteiger partial charge in [-0.2, -0.15) is 0 Å². The van der Waals surface area contributed by atoms with E-state index in [1.807, 2.05) is 37.4 Å². The minimum atomic E-state index is -0.150. The monoisotopic (exact) mass is 411 g/mol. The zero-order valence-corrected chi connectivity index (χ0v) is 17.9. The van der Waals surface area contributed by atoms with Crippen molar-refractivity contribution < 1.29 is 14.4 Å². The molecule has 162 valence electrons. The molecule has 1 aliphatic heterocycles. The van der Waals surface area contributed by atoms with Crippen molar-refractivity contribution in [1.82, 2.24) is 15.1 Å². The van der Waals surface area contributed by atoms with Gasteiger partial charge in [0.2, 0.25) is 17.7 Å². The van der Waals surface area contributed by atoms with Crippen LogP contribution in [-0.4, -0.2) is 53.7 Å². The zero-order chi connectivity index (χ0) is 21.3. The van der Waals surface area contributed by atoms with Gasteiger partial charge in [-0.15, -0.1) is 0 Å². The molecule has 1 saturated heterocycles. The van der Waals surface area contributed by atoms with E-state index in [-0.39, 0.29) is 29.7 Å². The molecule has 0 radical (unpaired) electrons. The van der Waals surface area contributed by atoms with Crippen LogP contribution in [0.3, 0.4) is 0 Å². The lowest BCUT2D eigenvalue weighted by molar-refractivity contribution is -0.132. The second kappa shape index (κ2) is 11.0. The molecule has 1 aliphatic carbocycles. The number of carbonyl (C=O) groups is 3. The molecule has 1 saturated carbocycles. The fraction of sp³-hybridized carbons (Fsp3) is 0.542. The lowest BCUT2D eigenvalue weighted by atomic mass is 9.94. The average Bonchev–Trinajstić information content (AvgIpc) is 2.81. The van der Waals surface area contributed by atoms with Crippen molar-refractivity contribution in [2.75, 3.05) is 20.1 Å². The summed E-state index contributed by atoms with van der Waals surface area (Å²) in [6, 6.07) is 10.1. The fourth-order valence-electron chi connectivity index (χ4n) is 4.31. The molecule has 0 bridgehead atoms. The second-order valence-corrected chi connectivity index (χ2v) is 8.38. The van der Waals surface area contributed by atoms with Gasteiger partial charge in [-0.3, -0.25) is 14.4 Å². The zero-order valence-electron chi connectivity index (χ0n) is 17.9. The number of nitrogens with zero attached hydrogens (tertiary/aromatic N) is 2. The van der Waals surface area contributed by atoms with Crippen molar-refractivity contribution in [3.05, 3.63) is 48.0 Å². The van der Waals surface area contributed by atoms with E-state index >= 15 is 0 Å². The maximum absolute atomic E-state index is 12.5. The van der Waals surface area contributed by atoms with Gasteiger partial charge in [0.1, 0.15) is 0 Å².